The summed E-state index contributed by atoms with van der Waals surface area (Å²) in [5.74, 6) is -1.36. The number of likely N-dealkylation sites (N-methyl/N-ethyl adjacent to an activating group) is 2. The molecule has 4 rings (SSSR count). The Morgan fingerprint density at radius 1 is 1.30 bits per heavy atom. The smallest absolute Gasteiger partial charge is 0.327 e. The lowest BCUT2D eigenvalue weighted by Crippen LogP contribution is -2.44. The lowest BCUT2D eigenvalue weighted by Gasteiger charge is -2.27. The second-order valence-corrected chi connectivity index (χ2v) is 15.2. The number of fused-ring (bicyclic) bond motifs is 1. The van der Waals surface area contributed by atoms with Gasteiger partial charge in [0.1, 0.15) is 29.9 Å². The van der Waals surface area contributed by atoms with Crippen molar-refractivity contribution in [2.75, 3.05) is 39.3 Å². The van der Waals surface area contributed by atoms with Crippen molar-refractivity contribution in [3.63, 3.8) is 0 Å². The van der Waals surface area contributed by atoms with Gasteiger partial charge in [0.25, 0.3) is 5.91 Å². The molecule has 2 aromatic heterocycles. The highest BCUT2D eigenvalue weighted by atomic mass is 32.7. The Bertz CT molecular complexity index is 1470. The van der Waals surface area contributed by atoms with Crippen molar-refractivity contribution in [1.29, 1.82) is 0 Å². The van der Waals surface area contributed by atoms with E-state index in [2.05, 4.69) is 20.0 Å². The minimum Gasteiger partial charge on any atom is -0.479 e. The molecule has 2 fully saturated rings. The van der Waals surface area contributed by atoms with Crippen LogP contribution in [-0.2, 0) is 28.2 Å². The Labute approximate surface area is 256 Å². The number of aliphatic hydroxyl groups is 2. The molecule has 44 heavy (non-hydrogen) atoms. The Balaban J connectivity index is 1.55. The van der Waals surface area contributed by atoms with Gasteiger partial charge >= 0.3 is 18.7 Å². The fraction of sp³-hybridized carbons (Fsp3) is 0.667. The number of imide groups is 1. The van der Waals surface area contributed by atoms with Gasteiger partial charge in [-0.1, -0.05) is 11.4 Å². The van der Waals surface area contributed by atoms with Crippen molar-refractivity contribution in [3.05, 3.63) is 6.33 Å². The summed E-state index contributed by atoms with van der Waals surface area (Å²) < 4.78 is 37.6. The van der Waals surface area contributed by atoms with E-state index in [9.17, 15) is 29.2 Å². The second-order valence-electron chi connectivity index (χ2n) is 10.8. The van der Waals surface area contributed by atoms with Gasteiger partial charge in [0.2, 0.25) is 11.8 Å². The summed E-state index contributed by atoms with van der Waals surface area (Å²) in [7, 11) is 4.16. The molecule has 0 bridgehead atoms. The number of methoxy groups -OCH3 is 1. The zero-order valence-electron chi connectivity index (χ0n) is 25.2. The Kier molecular flexibility index (Phi) is 9.80. The zero-order valence-corrected chi connectivity index (χ0v) is 26.9. The van der Waals surface area contributed by atoms with Crippen LogP contribution in [0.4, 0.5) is 10.7 Å². The number of carbonyl (C=O) groups excluding carboxylic acids is 3. The predicted molar refractivity (Wildman–Crippen MR) is 156 cm³/mol. The second kappa shape index (κ2) is 12.7. The molecule has 2 aliphatic rings. The minimum atomic E-state index is -4.06. The van der Waals surface area contributed by atoms with Gasteiger partial charge in [-0.25, -0.2) is 14.9 Å². The van der Waals surface area contributed by atoms with Crippen molar-refractivity contribution < 1.29 is 47.9 Å². The van der Waals surface area contributed by atoms with Gasteiger partial charge in [-0.2, -0.15) is 9.97 Å². The fourth-order valence-corrected chi connectivity index (χ4v) is 8.68. The molecule has 2 unspecified atom stereocenters. The number of nitrogen functional groups attached to an aromatic ring is 1. The van der Waals surface area contributed by atoms with E-state index in [1.54, 1.807) is 13.8 Å². The van der Waals surface area contributed by atoms with Crippen molar-refractivity contribution in [1.82, 2.24) is 34.4 Å². The van der Waals surface area contributed by atoms with Gasteiger partial charge < -0.3 is 39.6 Å². The van der Waals surface area contributed by atoms with Gasteiger partial charge in [0.15, 0.2) is 17.4 Å². The van der Waals surface area contributed by atoms with Gasteiger partial charge in [0, 0.05) is 19.8 Å². The number of nitrogens with zero attached hydrogens (tertiary/aromatic N) is 6. The number of nitrogens with one attached hydrogen (secondary N) is 1. The molecule has 0 spiro atoms. The molecule has 20 heteroatoms. The van der Waals surface area contributed by atoms with Crippen LogP contribution in [0.25, 0.3) is 11.2 Å². The molecule has 5 N–H and O–H groups in total. The predicted octanol–water partition coefficient (Wildman–Crippen LogP) is 0.106. The summed E-state index contributed by atoms with van der Waals surface area (Å²) in [5, 5.41) is 25.0. The van der Waals surface area contributed by atoms with Crippen LogP contribution in [0.1, 0.15) is 33.9 Å². The van der Waals surface area contributed by atoms with E-state index in [1.807, 2.05) is 0 Å². The number of esters is 1. The SMILES string of the molecule is COc1nc(N)nc2c1ncn2[C@@H]1O[C@H](COP(=O)(N[C@@H](C)C(=O)OC(C)C)SCC2C(=O)N(C)C(=O)N2C)[C@@H](O)[C@@]1(C)O. The lowest BCUT2D eigenvalue weighted by atomic mass is 9.96. The van der Waals surface area contributed by atoms with Crippen molar-refractivity contribution in [2.45, 2.75) is 69.9 Å². The third-order valence-electron chi connectivity index (χ3n) is 7.15. The molecular formula is C24H37N8O10PS. The molecule has 0 radical (unpaired) electrons. The number of amides is 3. The first-order valence-corrected chi connectivity index (χ1v) is 16.7. The molecule has 3 amide bonds. The van der Waals surface area contributed by atoms with Crippen LogP contribution in [0.15, 0.2) is 6.33 Å². The summed E-state index contributed by atoms with van der Waals surface area (Å²) in [4.78, 5) is 51.9. The van der Waals surface area contributed by atoms with E-state index in [-0.39, 0.29) is 28.7 Å². The lowest BCUT2D eigenvalue weighted by molar-refractivity contribution is -0.149. The van der Waals surface area contributed by atoms with E-state index in [4.69, 9.17) is 24.5 Å². The third kappa shape index (κ3) is 6.49. The Hall–Kier alpha value is -3.06. The van der Waals surface area contributed by atoms with Crippen LogP contribution >= 0.6 is 18.1 Å². The number of imidazole rings is 1. The normalized spacial score (nSPS) is 27.8. The molecule has 0 aliphatic carbocycles. The number of urea groups is 1. The topological polar surface area (TPSA) is 234 Å². The minimum absolute atomic E-state index is 0.0951. The maximum Gasteiger partial charge on any atom is 0.327 e. The number of hydrogen-bond donors (Lipinski definition) is 4. The summed E-state index contributed by atoms with van der Waals surface area (Å²) in [5.41, 5.74) is 4.28. The van der Waals surface area contributed by atoms with E-state index in [0.717, 1.165) is 4.90 Å². The molecule has 7 atom stereocenters. The van der Waals surface area contributed by atoms with Crippen LogP contribution in [0.2, 0.25) is 0 Å². The van der Waals surface area contributed by atoms with Crippen molar-refractivity contribution in [2.24, 2.45) is 0 Å². The number of anilines is 1. The highest BCUT2D eigenvalue weighted by Gasteiger charge is 2.54. The molecule has 4 heterocycles. The average molecular weight is 661 g/mol. The number of aliphatic hydroxyl groups excluding tert-OH is 1. The number of rotatable bonds is 12. The molecule has 18 nitrogen and oxygen atoms in total. The summed E-state index contributed by atoms with van der Waals surface area (Å²) in [6, 6.07) is -2.56. The molecule has 2 saturated heterocycles. The standard InChI is InChI=1S/C24H37N8O10PS/c1-11(2)41-20(35)12(3)29-43(38,44-9-13-19(34)31(6)23(36)30(13)5)40-8-14-16(33)24(4,37)21(42-14)32-10-26-15-17(32)27-22(25)28-18(15)39-7/h10-14,16,21,33,37H,8-9H2,1-7H3,(H,29,38)(H2,25,27,28)/t12-,13?,14+,16+,21+,24+,43?/m0/s1. The molecule has 0 saturated carbocycles. The fourth-order valence-electron chi connectivity index (χ4n) is 4.71. The van der Waals surface area contributed by atoms with Crippen LogP contribution in [0.5, 0.6) is 5.88 Å². The first-order valence-electron chi connectivity index (χ1n) is 13.5. The number of nitrogens with two attached hydrogens (primary N) is 1. The number of hydrogen-bond acceptors (Lipinski definition) is 15. The van der Waals surface area contributed by atoms with Crippen LogP contribution < -0.4 is 15.6 Å². The highest BCUT2D eigenvalue weighted by Crippen LogP contribution is 2.57. The molecule has 2 aliphatic heterocycles. The summed E-state index contributed by atoms with van der Waals surface area (Å²) in [6.07, 6.45) is -3.16. The molecule has 244 valence electrons. The molecule has 0 aromatic carbocycles. The summed E-state index contributed by atoms with van der Waals surface area (Å²) >= 11 is 0.701. The summed E-state index contributed by atoms with van der Waals surface area (Å²) in [6.45, 7) is 1.50. The first kappa shape index (κ1) is 33.8. The number of carbonyl (C=O) groups is 3. The van der Waals surface area contributed by atoms with E-state index in [0.29, 0.717) is 11.4 Å². The van der Waals surface area contributed by atoms with Gasteiger partial charge in [-0.05, 0) is 27.7 Å². The largest absolute Gasteiger partial charge is 0.479 e. The Morgan fingerprint density at radius 3 is 2.57 bits per heavy atom. The highest BCUT2D eigenvalue weighted by molar-refractivity contribution is 8.56. The average Bonchev–Trinajstić information content (AvgIpc) is 3.52. The monoisotopic (exact) mass is 660 g/mol. The van der Waals surface area contributed by atoms with Crippen molar-refractivity contribution >= 4 is 53.1 Å². The van der Waals surface area contributed by atoms with Gasteiger partial charge in [-0.3, -0.25) is 23.6 Å². The van der Waals surface area contributed by atoms with E-state index >= 15 is 0 Å². The first-order chi connectivity index (χ1) is 20.5. The number of aromatic nitrogens is 4. The quantitative estimate of drug-likeness (QED) is 0.134. The van der Waals surface area contributed by atoms with E-state index < -0.39 is 73.5 Å². The molecular weight excluding hydrogens is 623 g/mol. The van der Waals surface area contributed by atoms with Gasteiger partial charge in [0.05, 0.1) is 26.1 Å². The van der Waals surface area contributed by atoms with E-state index in [1.165, 1.54) is 50.8 Å². The van der Waals surface area contributed by atoms with Gasteiger partial charge in [-0.15, -0.1) is 0 Å². The van der Waals surface area contributed by atoms with Crippen LogP contribution in [-0.4, -0.2) is 127 Å². The maximum atomic E-state index is 14.1. The van der Waals surface area contributed by atoms with Crippen LogP contribution in [0.3, 0.4) is 0 Å². The zero-order chi connectivity index (χ0) is 32.7. The van der Waals surface area contributed by atoms with Crippen LogP contribution in [0, 0.1) is 0 Å². The number of ether oxygens (including phenoxy) is 3. The van der Waals surface area contributed by atoms with Crippen molar-refractivity contribution in [3.8, 4) is 5.88 Å². The third-order valence-corrected chi connectivity index (χ3v) is 11.2. The Morgan fingerprint density at radius 2 is 1.98 bits per heavy atom. The maximum absolute atomic E-state index is 14.1. The molecule has 2 aromatic rings.